The molecule has 1 aliphatic rings. The summed E-state index contributed by atoms with van der Waals surface area (Å²) in [5, 5.41) is 18.1. The van der Waals surface area contributed by atoms with Crippen LogP contribution in [0.3, 0.4) is 0 Å². The molecule has 0 saturated heterocycles. The number of pyridine rings is 1. The molecule has 0 saturated carbocycles. The van der Waals surface area contributed by atoms with Gasteiger partial charge in [-0.2, -0.15) is 15.2 Å². The summed E-state index contributed by atoms with van der Waals surface area (Å²) >= 11 is 0. The van der Waals surface area contributed by atoms with Crippen LogP contribution in [0.5, 0.6) is 0 Å². The van der Waals surface area contributed by atoms with E-state index in [0.717, 1.165) is 10.6 Å². The Morgan fingerprint density at radius 3 is 3.18 bits per heavy atom. The zero-order valence-corrected chi connectivity index (χ0v) is 9.11. The quantitative estimate of drug-likeness (QED) is 0.711. The van der Waals surface area contributed by atoms with Crippen LogP contribution in [0.15, 0.2) is 34.7 Å². The number of nitrogens with zero attached hydrogens (tertiary/aromatic N) is 4. The molecule has 0 bridgehead atoms. The van der Waals surface area contributed by atoms with Crippen molar-refractivity contribution < 1.29 is 9.90 Å². The summed E-state index contributed by atoms with van der Waals surface area (Å²) < 4.78 is 0. The van der Waals surface area contributed by atoms with Crippen LogP contribution in [0.4, 0.5) is 4.79 Å². The van der Waals surface area contributed by atoms with Crippen molar-refractivity contribution in [1.82, 2.24) is 15.4 Å². The number of hydrogen-bond donors (Lipinski definition) is 2. The maximum Gasteiger partial charge on any atom is 0.360 e. The fourth-order valence-electron chi connectivity index (χ4n) is 1.23. The Morgan fingerprint density at radius 1 is 1.65 bits per heavy atom. The topological polar surface area (TPSA) is 90.2 Å². The second-order valence-corrected chi connectivity index (χ2v) is 3.42. The van der Waals surface area contributed by atoms with E-state index in [-0.39, 0.29) is 0 Å². The lowest BCUT2D eigenvalue weighted by molar-refractivity contribution is 0.0766. The summed E-state index contributed by atoms with van der Waals surface area (Å²) in [5.74, 6) is 0. The van der Waals surface area contributed by atoms with E-state index >= 15 is 0 Å². The zero-order chi connectivity index (χ0) is 12.3. The maximum atomic E-state index is 11.4. The maximum absolute atomic E-state index is 11.4. The van der Waals surface area contributed by atoms with Gasteiger partial charge in [0.1, 0.15) is 0 Å². The first-order valence-corrected chi connectivity index (χ1v) is 4.94. The molecule has 2 amide bonds. The third kappa shape index (κ3) is 2.45. The van der Waals surface area contributed by atoms with Gasteiger partial charge in [0, 0.05) is 18.0 Å². The van der Waals surface area contributed by atoms with Gasteiger partial charge in [-0.3, -0.25) is 4.98 Å². The van der Waals surface area contributed by atoms with Crippen LogP contribution in [0.1, 0.15) is 12.5 Å². The summed E-state index contributed by atoms with van der Waals surface area (Å²) in [6, 6.07) is 2.95. The zero-order valence-electron chi connectivity index (χ0n) is 9.11. The van der Waals surface area contributed by atoms with Crippen LogP contribution in [0.2, 0.25) is 0 Å². The molecule has 1 aromatic heterocycles. The molecule has 1 aromatic rings. The standard InChI is InChI=1S/C10H11N5O2/c1-7-9(16)15(10(17)14-13-7)12-6-8-3-2-4-11-5-8/h2-6,9,16H,1H3,(H,14,17)/b12-6+. The Balaban J connectivity index is 2.16. The van der Waals surface area contributed by atoms with Crippen LogP contribution in [0.25, 0.3) is 0 Å². The molecule has 0 aromatic carbocycles. The van der Waals surface area contributed by atoms with E-state index < -0.39 is 12.3 Å². The lowest BCUT2D eigenvalue weighted by Crippen LogP contribution is -2.49. The van der Waals surface area contributed by atoms with Gasteiger partial charge in [-0.05, 0) is 13.0 Å². The van der Waals surface area contributed by atoms with Crippen molar-refractivity contribution in [2.45, 2.75) is 13.2 Å². The lowest BCUT2D eigenvalue weighted by atomic mass is 10.3. The van der Waals surface area contributed by atoms with E-state index in [9.17, 15) is 9.90 Å². The molecular weight excluding hydrogens is 222 g/mol. The van der Waals surface area contributed by atoms with Crippen molar-refractivity contribution in [3.8, 4) is 0 Å². The van der Waals surface area contributed by atoms with Gasteiger partial charge in [-0.1, -0.05) is 6.07 Å². The molecule has 7 nitrogen and oxygen atoms in total. The molecule has 2 N–H and O–H groups in total. The predicted octanol–water partition coefficient (Wildman–Crippen LogP) is 0.135. The molecule has 88 valence electrons. The molecule has 1 atom stereocenters. The number of hydrazone groups is 2. The van der Waals surface area contributed by atoms with Gasteiger partial charge in [0.2, 0.25) is 0 Å². The Labute approximate surface area is 97.5 Å². The van der Waals surface area contributed by atoms with Crippen molar-refractivity contribution in [3.63, 3.8) is 0 Å². The van der Waals surface area contributed by atoms with E-state index in [1.165, 1.54) is 6.21 Å². The lowest BCUT2D eigenvalue weighted by Gasteiger charge is -2.25. The molecule has 2 heterocycles. The second kappa shape index (κ2) is 4.71. The van der Waals surface area contributed by atoms with Crippen LogP contribution >= 0.6 is 0 Å². The van der Waals surface area contributed by atoms with Crippen molar-refractivity contribution in [2.75, 3.05) is 0 Å². The number of hydrogen-bond acceptors (Lipinski definition) is 5. The average molecular weight is 233 g/mol. The van der Waals surface area contributed by atoms with E-state index in [1.807, 2.05) is 0 Å². The van der Waals surface area contributed by atoms with Gasteiger partial charge in [0.15, 0.2) is 6.23 Å². The highest BCUT2D eigenvalue weighted by atomic mass is 16.3. The Kier molecular flexibility index (Phi) is 3.10. The Bertz CT molecular complexity index is 471. The van der Waals surface area contributed by atoms with E-state index in [0.29, 0.717) is 5.71 Å². The molecule has 1 aliphatic heterocycles. The number of carbonyl (C=O) groups is 1. The Morgan fingerprint density at radius 2 is 2.47 bits per heavy atom. The first-order chi connectivity index (χ1) is 8.18. The fraction of sp³-hybridized carbons (Fsp3) is 0.200. The van der Waals surface area contributed by atoms with E-state index in [4.69, 9.17) is 0 Å². The minimum Gasteiger partial charge on any atom is -0.367 e. The number of urea groups is 1. The molecule has 17 heavy (non-hydrogen) atoms. The summed E-state index contributed by atoms with van der Waals surface area (Å²) in [7, 11) is 0. The number of rotatable bonds is 2. The number of aromatic nitrogens is 1. The number of nitrogens with one attached hydrogen (secondary N) is 1. The second-order valence-electron chi connectivity index (χ2n) is 3.42. The van der Waals surface area contributed by atoms with Crippen LogP contribution in [-0.2, 0) is 0 Å². The van der Waals surface area contributed by atoms with Crippen LogP contribution in [-0.4, -0.2) is 39.3 Å². The minimum absolute atomic E-state index is 0.368. The molecule has 0 spiro atoms. The monoisotopic (exact) mass is 233 g/mol. The fourth-order valence-corrected chi connectivity index (χ4v) is 1.23. The normalized spacial score (nSPS) is 20.4. The molecule has 7 heteroatoms. The van der Waals surface area contributed by atoms with E-state index in [1.54, 1.807) is 31.5 Å². The first-order valence-electron chi connectivity index (χ1n) is 4.94. The summed E-state index contributed by atoms with van der Waals surface area (Å²) in [4.78, 5) is 15.3. The number of aliphatic hydroxyl groups excluding tert-OH is 1. The van der Waals surface area contributed by atoms with Gasteiger partial charge in [-0.15, -0.1) is 0 Å². The third-order valence-electron chi connectivity index (χ3n) is 2.16. The highest BCUT2D eigenvalue weighted by Crippen LogP contribution is 2.05. The molecule has 2 rings (SSSR count). The molecular formula is C10H11N5O2. The highest BCUT2D eigenvalue weighted by molar-refractivity contribution is 5.93. The minimum atomic E-state index is -1.14. The number of aliphatic hydroxyl groups is 1. The molecule has 1 unspecified atom stereocenters. The van der Waals surface area contributed by atoms with Crippen molar-refractivity contribution in [2.24, 2.45) is 10.2 Å². The SMILES string of the molecule is CC1=NNC(=O)N(/N=C/c2cccnc2)C1O. The summed E-state index contributed by atoms with van der Waals surface area (Å²) in [6.45, 7) is 1.59. The summed E-state index contributed by atoms with van der Waals surface area (Å²) in [5.41, 5.74) is 3.33. The molecule has 0 fully saturated rings. The van der Waals surface area contributed by atoms with Gasteiger partial charge < -0.3 is 5.11 Å². The van der Waals surface area contributed by atoms with Crippen molar-refractivity contribution in [1.29, 1.82) is 0 Å². The first kappa shape index (κ1) is 11.2. The molecule has 0 radical (unpaired) electrons. The van der Waals surface area contributed by atoms with E-state index in [2.05, 4.69) is 20.6 Å². The van der Waals surface area contributed by atoms with Gasteiger partial charge >= 0.3 is 6.03 Å². The Hall–Kier alpha value is -2.28. The highest BCUT2D eigenvalue weighted by Gasteiger charge is 2.27. The van der Waals surface area contributed by atoms with Crippen LogP contribution < -0.4 is 5.43 Å². The third-order valence-corrected chi connectivity index (χ3v) is 2.16. The van der Waals surface area contributed by atoms with Crippen molar-refractivity contribution >= 4 is 18.0 Å². The van der Waals surface area contributed by atoms with Gasteiger partial charge in [0.05, 0.1) is 11.9 Å². The van der Waals surface area contributed by atoms with Crippen molar-refractivity contribution in [3.05, 3.63) is 30.1 Å². The van der Waals surface area contributed by atoms with Crippen LogP contribution in [0, 0.1) is 0 Å². The predicted molar refractivity (Wildman–Crippen MR) is 61.3 cm³/mol. The molecule has 0 aliphatic carbocycles. The largest absolute Gasteiger partial charge is 0.367 e. The number of amides is 2. The number of carbonyl (C=O) groups excluding carboxylic acids is 1. The van der Waals surface area contributed by atoms with Gasteiger partial charge in [0.25, 0.3) is 0 Å². The smallest absolute Gasteiger partial charge is 0.360 e. The average Bonchev–Trinajstić information content (AvgIpc) is 2.35. The van der Waals surface area contributed by atoms with Gasteiger partial charge in [-0.25, -0.2) is 10.2 Å². The summed E-state index contributed by atoms with van der Waals surface area (Å²) in [6.07, 6.45) is 3.53.